The van der Waals surface area contributed by atoms with E-state index in [4.69, 9.17) is 4.74 Å². The highest BCUT2D eigenvalue weighted by Crippen LogP contribution is 2.21. The monoisotopic (exact) mass is 314 g/mol. The van der Waals surface area contributed by atoms with Crippen LogP contribution in [0, 0.1) is 6.92 Å². The highest BCUT2D eigenvalue weighted by Gasteiger charge is 2.22. The van der Waals surface area contributed by atoms with Crippen molar-refractivity contribution in [3.8, 4) is 5.75 Å². The van der Waals surface area contributed by atoms with E-state index in [1.807, 2.05) is 13.8 Å². The maximum atomic E-state index is 12.3. The standard InChI is InChI=1S/C14H22N2O4S/c1-9(2)15-14(17)11(4)16-21(18,19)12-6-7-13(20-5)10(3)8-12/h6-9,11,16H,1-5H3,(H,15,17)/t11-/m1/s1. The van der Waals surface area contributed by atoms with Crippen molar-refractivity contribution in [3.05, 3.63) is 23.8 Å². The van der Waals surface area contributed by atoms with Gasteiger partial charge < -0.3 is 10.1 Å². The minimum atomic E-state index is -3.75. The van der Waals surface area contributed by atoms with Gasteiger partial charge >= 0.3 is 0 Å². The predicted octanol–water partition coefficient (Wildman–Crippen LogP) is 1.20. The van der Waals surface area contributed by atoms with Crippen molar-refractivity contribution in [3.63, 3.8) is 0 Å². The van der Waals surface area contributed by atoms with Crippen LogP contribution in [0.25, 0.3) is 0 Å². The first-order valence-corrected chi connectivity index (χ1v) is 8.13. The Morgan fingerprint density at radius 1 is 1.24 bits per heavy atom. The van der Waals surface area contributed by atoms with E-state index in [1.165, 1.54) is 26.2 Å². The lowest BCUT2D eigenvalue weighted by Gasteiger charge is -2.16. The quantitative estimate of drug-likeness (QED) is 0.826. The maximum absolute atomic E-state index is 12.3. The SMILES string of the molecule is COc1ccc(S(=O)(=O)N[C@H](C)C(=O)NC(C)C)cc1C. The van der Waals surface area contributed by atoms with Gasteiger partial charge in [-0.15, -0.1) is 0 Å². The van der Waals surface area contributed by atoms with Gasteiger partial charge in [0, 0.05) is 6.04 Å². The van der Waals surface area contributed by atoms with Crippen molar-refractivity contribution in [1.29, 1.82) is 0 Å². The normalized spacial score (nSPS) is 13.0. The fraction of sp³-hybridized carbons (Fsp3) is 0.500. The Morgan fingerprint density at radius 3 is 2.33 bits per heavy atom. The van der Waals surface area contributed by atoms with E-state index >= 15 is 0 Å². The van der Waals surface area contributed by atoms with Crippen LogP contribution >= 0.6 is 0 Å². The van der Waals surface area contributed by atoms with Gasteiger partial charge in [0.2, 0.25) is 15.9 Å². The third-order valence-electron chi connectivity index (χ3n) is 2.83. The summed E-state index contributed by atoms with van der Waals surface area (Å²) in [6.45, 7) is 6.89. The number of carbonyl (C=O) groups is 1. The zero-order chi connectivity index (χ0) is 16.2. The number of carbonyl (C=O) groups excluding carboxylic acids is 1. The number of nitrogens with one attached hydrogen (secondary N) is 2. The Labute approximate surface area is 125 Å². The van der Waals surface area contributed by atoms with Gasteiger partial charge in [0.05, 0.1) is 18.0 Å². The number of hydrogen-bond acceptors (Lipinski definition) is 4. The van der Waals surface area contributed by atoms with Gasteiger partial charge in [-0.2, -0.15) is 4.72 Å². The van der Waals surface area contributed by atoms with Crippen LogP contribution in [0.1, 0.15) is 26.3 Å². The molecule has 118 valence electrons. The van der Waals surface area contributed by atoms with E-state index in [0.29, 0.717) is 11.3 Å². The Morgan fingerprint density at radius 2 is 1.86 bits per heavy atom. The largest absolute Gasteiger partial charge is 0.496 e. The summed E-state index contributed by atoms with van der Waals surface area (Å²) in [5, 5.41) is 2.66. The Balaban J connectivity index is 2.91. The fourth-order valence-corrected chi connectivity index (χ4v) is 3.07. The van der Waals surface area contributed by atoms with Crippen LogP contribution < -0.4 is 14.8 Å². The van der Waals surface area contributed by atoms with Crippen LogP contribution in [0.2, 0.25) is 0 Å². The summed E-state index contributed by atoms with van der Waals surface area (Å²) in [5.74, 6) is 0.248. The third-order valence-corrected chi connectivity index (χ3v) is 4.37. The zero-order valence-corrected chi connectivity index (χ0v) is 13.7. The molecule has 0 heterocycles. The minimum Gasteiger partial charge on any atom is -0.496 e. The molecule has 7 heteroatoms. The lowest BCUT2D eigenvalue weighted by Crippen LogP contribution is -2.46. The molecular formula is C14H22N2O4S. The van der Waals surface area contributed by atoms with E-state index in [2.05, 4.69) is 10.0 Å². The average molecular weight is 314 g/mol. The molecule has 0 unspecified atom stereocenters. The lowest BCUT2D eigenvalue weighted by atomic mass is 10.2. The Bertz CT molecular complexity index is 611. The molecule has 1 rings (SSSR count). The molecular weight excluding hydrogens is 292 g/mol. The minimum absolute atomic E-state index is 0.0484. The summed E-state index contributed by atoms with van der Waals surface area (Å²) in [7, 11) is -2.23. The molecule has 0 radical (unpaired) electrons. The molecule has 0 saturated carbocycles. The van der Waals surface area contributed by atoms with Crippen molar-refractivity contribution < 1.29 is 17.9 Å². The summed E-state index contributed by atoms with van der Waals surface area (Å²) >= 11 is 0. The first-order chi connectivity index (χ1) is 9.67. The van der Waals surface area contributed by atoms with Gasteiger partial charge in [-0.1, -0.05) is 0 Å². The van der Waals surface area contributed by atoms with Gasteiger partial charge in [-0.25, -0.2) is 8.42 Å². The number of benzene rings is 1. The van der Waals surface area contributed by atoms with Gasteiger partial charge in [0.25, 0.3) is 0 Å². The van der Waals surface area contributed by atoms with Crippen LogP contribution in [0.15, 0.2) is 23.1 Å². The van der Waals surface area contributed by atoms with E-state index in [9.17, 15) is 13.2 Å². The van der Waals surface area contributed by atoms with Crippen molar-refractivity contribution in [2.45, 2.75) is 44.7 Å². The molecule has 1 aromatic rings. The topological polar surface area (TPSA) is 84.5 Å². The number of amides is 1. The van der Waals surface area contributed by atoms with Crippen LogP contribution in [0.4, 0.5) is 0 Å². The van der Waals surface area contributed by atoms with Crippen LogP contribution in [-0.4, -0.2) is 33.5 Å². The summed E-state index contributed by atoms with van der Waals surface area (Å²) in [5.41, 5.74) is 0.708. The first kappa shape index (κ1) is 17.5. The molecule has 1 amide bonds. The fourth-order valence-electron chi connectivity index (χ4n) is 1.78. The molecule has 0 saturated heterocycles. The second kappa shape index (κ2) is 6.91. The first-order valence-electron chi connectivity index (χ1n) is 6.64. The molecule has 1 aromatic carbocycles. The molecule has 0 bridgehead atoms. The Kier molecular flexibility index (Phi) is 5.74. The van der Waals surface area contributed by atoms with Crippen molar-refractivity contribution >= 4 is 15.9 Å². The van der Waals surface area contributed by atoms with Crippen LogP contribution in [0.3, 0.4) is 0 Å². The number of sulfonamides is 1. The number of rotatable bonds is 6. The molecule has 0 aliphatic rings. The number of hydrogen-bond donors (Lipinski definition) is 2. The second-order valence-electron chi connectivity index (χ2n) is 5.14. The third kappa shape index (κ3) is 4.71. The van der Waals surface area contributed by atoms with Crippen molar-refractivity contribution in [2.24, 2.45) is 0 Å². The Hall–Kier alpha value is -1.60. The van der Waals surface area contributed by atoms with E-state index in [-0.39, 0.29) is 16.8 Å². The molecule has 0 fully saturated rings. The smallest absolute Gasteiger partial charge is 0.241 e. The molecule has 0 aromatic heterocycles. The summed E-state index contributed by atoms with van der Waals surface area (Å²) < 4.78 is 32.0. The van der Waals surface area contributed by atoms with Crippen molar-refractivity contribution in [2.75, 3.05) is 7.11 Å². The van der Waals surface area contributed by atoms with Crippen LogP contribution in [0.5, 0.6) is 5.75 Å². The second-order valence-corrected chi connectivity index (χ2v) is 6.85. The molecule has 6 nitrogen and oxygen atoms in total. The molecule has 2 N–H and O–H groups in total. The zero-order valence-electron chi connectivity index (χ0n) is 12.9. The number of ether oxygens (including phenoxy) is 1. The van der Waals surface area contributed by atoms with E-state index < -0.39 is 16.1 Å². The van der Waals surface area contributed by atoms with E-state index in [1.54, 1.807) is 13.0 Å². The summed E-state index contributed by atoms with van der Waals surface area (Å²) in [6, 6.07) is 3.64. The van der Waals surface area contributed by atoms with Crippen LogP contribution in [-0.2, 0) is 14.8 Å². The molecule has 0 aliphatic carbocycles. The lowest BCUT2D eigenvalue weighted by molar-refractivity contribution is -0.122. The van der Waals surface area contributed by atoms with E-state index in [0.717, 1.165) is 0 Å². The van der Waals surface area contributed by atoms with Gasteiger partial charge in [-0.05, 0) is 51.5 Å². The molecule has 0 aliphatic heterocycles. The van der Waals surface area contributed by atoms with Crippen molar-refractivity contribution in [1.82, 2.24) is 10.0 Å². The summed E-state index contributed by atoms with van der Waals surface area (Å²) in [4.78, 5) is 11.9. The summed E-state index contributed by atoms with van der Waals surface area (Å²) in [6.07, 6.45) is 0. The maximum Gasteiger partial charge on any atom is 0.241 e. The van der Waals surface area contributed by atoms with Gasteiger partial charge in [-0.3, -0.25) is 4.79 Å². The van der Waals surface area contributed by atoms with Gasteiger partial charge in [0.15, 0.2) is 0 Å². The number of aryl methyl sites for hydroxylation is 1. The predicted molar refractivity (Wildman–Crippen MR) is 80.8 cm³/mol. The molecule has 0 spiro atoms. The highest BCUT2D eigenvalue weighted by atomic mass is 32.2. The number of methoxy groups -OCH3 is 1. The van der Waals surface area contributed by atoms with Gasteiger partial charge in [0.1, 0.15) is 5.75 Å². The molecule has 21 heavy (non-hydrogen) atoms. The average Bonchev–Trinajstić information content (AvgIpc) is 2.37. The molecule has 1 atom stereocenters. The highest BCUT2D eigenvalue weighted by molar-refractivity contribution is 7.89.